The van der Waals surface area contributed by atoms with Gasteiger partial charge in [0.25, 0.3) is 5.91 Å². The number of nitrogens with zero attached hydrogens (tertiary/aromatic N) is 1. The topological polar surface area (TPSA) is 57.2 Å². The number of H-pyrrole nitrogens is 1. The first-order valence-corrected chi connectivity index (χ1v) is 9.38. The average Bonchev–Trinajstić information content (AvgIpc) is 3.00. The van der Waals surface area contributed by atoms with Crippen molar-refractivity contribution in [3.05, 3.63) is 47.1 Å². The van der Waals surface area contributed by atoms with Crippen LogP contribution in [0.3, 0.4) is 0 Å². The number of carbonyl (C=O) groups is 1. The second-order valence-electron chi connectivity index (χ2n) is 5.64. The van der Waals surface area contributed by atoms with Gasteiger partial charge in [-0.15, -0.1) is 12.6 Å². The zero-order chi connectivity index (χ0) is 17.4. The summed E-state index contributed by atoms with van der Waals surface area (Å²) in [5.74, 6) is -0.197. The van der Waals surface area contributed by atoms with E-state index in [-0.39, 0.29) is 11.9 Å². The molecule has 0 spiro atoms. The fourth-order valence-electron chi connectivity index (χ4n) is 2.66. The first kappa shape index (κ1) is 18.8. The van der Waals surface area contributed by atoms with Gasteiger partial charge in [-0.1, -0.05) is 38.0 Å². The van der Waals surface area contributed by atoms with E-state index in [2.05, 4.69) is 62.9 Å². The number of unbranched alkanes of at least 4 members (excludes halogenated alkanes) is 1. The van der Waals surface area contributed by atoms with Crippen molar-refractivity contribution in [2.45, 2.75) is 38.6 Å². The van der Waals surface area contributed by atoms with E-state index < -0.39 is 0 Å². The van der Waals surface area contributed by atoms with Crippen LogP contribution < -0.4 is 5.32 Å². The molecule has 0 saturated heterocycles. The zero-order valence-electron chi connectivity index (χ0n) is 13.6. The number of carbonyl (C=O) groups excluding carboxylic acids is 1. The molecule has 1 amide bonds. The van der Waals surface area contributed by atoms with Crippen LogP contribution in [-0.2, 0) is 11.2 Å². The van der Waals surface area contributed by atoms with E-state index in [1.165, 1.54) is 22.3 Å². The third-order valence-electron chi connectivity index (χ3n) is 3.87. The molecule has 4 nitrogen and oxygen atoms in total. The minimum absolute atomic E-state index is 0.0696. The fourth-order valence-corrected chi connectivity index (χ4v) is 2.91. The Morgan fingerprint density at radius 2 is 2.25 bits per heavy atom. The molecular weight excluding hydrogens is 386 g/mol. The molecule has 0 aliphatic rings. The molecule has 1 aromatic carbocycles. The predicted molar refractivity (Wildman–Crippen MR) is 108 cm³/mol. The van der Waals surface area contributed by atoms with E-state index in [9.17, 15) is 4.79 Å². The van der Waals surface area contributed by atoms with Gasteiger partial charge >= 0.3 is 0 Å². The van der Waals surface area contributed by atoms with Crippen LogP contribution in [0.2, 0.25) is 0 Å². The van der Waals surface area contributed by atoms with E-state index in [1.807, 2.05) is 18.3 Å². The summed E-state index contributed by atoms with van der Waals surface area (Å²) in [6, 6.07) is 8.29. The average molecular weight is 408 g/mol. The molecule has 2 rings (SSSR count). The summed E-state index contributed by atoms with van der Waals surface area (Å²) in [6.07, 6.45) is 7.34. The highest BCUT2D eigenvalue weighted by molar-refractivity contribution is 9.17. The number of halogens is 1. The van der Waals surface area contributed by atoms with E-state index in [0.717, 1.165) is 31.2 Å². The van der Waals surface area contributed by atoms with Gasteiger partial charge in [0.05, 0.1) is 10.0 Å². The maximum atomic E-state index is 12.3. The van der Waals surface area contributed by atoms with Gasteiger partial charge in [0.15, 0.2) is 0 Å². The molecule has 128 valence electrons. The van der Waals surface area contributed by atoms with Gasteiger partial charge in [0.1, 0.15) is 0 Å². The summed E-state index contributed by atoms with van der Waals surface area (Å²) < 4.78 is 0. The second-order valence-corrected chi connectivity index (χ2v) is 6.53. The van der Waals surface area contributed by atoms with Crippen LogP contribution in [0, 0.1) is 0 Å². The highest BCUT2D eigenvalue weighted by Crippen LogP contribution is 2.20. The van der Waals surface area contributed by atoms with Crippen molar-refractivity contribution < 1.29 is 4.79 Å². The summed E-state index contributed by atoms with van der Waals surface area (Å²) in [6.45, 7) is 2.15. The van der Waals surface area contributed by atoms with Gasteiger partial charge in [-0.05, 0) is 40.4 Å². The largest absolute Gasteiger partial charge is 0.361 e. The van der Waals surface area contributed by atoms with Crippen molar-refractivity contribution in [3.8, 4) is 0 Å². The van der Waals surface area contributed by atoms with Crippen molar-refractivity contribution in [1.29, 1.82) is 0 Å². The SMILES string of the molecule is CCCCC(Cc1c[nH]c2ccccc12)NC(=O)/C(S)=C/N=CBr. The maximum absolute atomic E-state index is 12.3. The molecule has 0 radical (unpaired) electrons. The van der Waals surface area contributed by atoms with Crippen LogP contribution in [-0.4, -0.2) is 22.1 Å². The number of aromatic amines is 1. The summed E-state index contributed by atoms with van der Waals surface area (Å²) in [5, 5.41) is 5.73. The lowest BCUT2D eigenvalue weighted by atomic mass is 10.0. The monoisotopic (exact) mass is 407 g/mol. The van der Waals surface area contributed by atoms with Gasteiger partial charge in [0.2, 0.25) is 0 Å². The lowest BCUT2D eigenvalue weighted by Crippen LogP contribution is -2.36. The maximum Gasteiger partial charge on any atom is 0.259 e. The Balaban J connectivity index is 2.12. The zero-order valence-corrected chi connectivity index (χ0v) is 16.1. The number of amides is 1. The Kier molecular flexibility index (Phi) is 7.59. The number of aliphatic imine (C=N–C) groups is 1. The Morgan fingerprint density at radius 3 is 3.00 bits per heavy atom. The second kappa shape index (κ2) is 9.69. The molecule has 24 heavy (non-hydrogen) atoms. The number of hydrogen-bond acceptors (Lipinski definition) is 3. The van der Waals surface area contributed by atoms with Gasteiger partial charge < -0.3 is 10.3 Å². The molecule has 1 atom stereocenters. The van der Waals surface area contributed by atoms with Crippen LogP contribution >= 0.6 is 28.6 Å². The van der Waals surface area contributed by atoms with E-state index in [4.69, 9.17) is 0 Å². The van der Waals surface area contributed by atoms with Gasteiger partial charge in [-0.2, -0.15) is 0 Å². The van der Waals surface area contributed by atoms with Gasteiger partial charge in [-0.25, -0.2) is 0 Å². The van der Waals surface area contributed by atoms with Crippen LogP contribution in [0.5, 0.6) is 0 Å². The number of thiol groups is 1. The molecule has 0 aliphatic heterocycles. The standard InChI is InChI=1S/C18H22BrN3OS/c1-2-3-6-14(22-18(23)17(24)11-20-12-19)9-13-10-21-16-8-5-4-7-15(13)16/h4-5,7-8,10-12,14,21,24H,2-3,6,9H2,1H3,(H,22,23)/b17-11-,20-12?. The first-order valence-electron chi connectivity index (χ1n) is 8.02. The number of aromatic nitrogens is 1. The molecule has 2 aromatic rings. The van der Waals surface area contributed by atoms with Crippen molar-refractivity contribution >= 4 is 50.5 Å². The van der Waals surface area contributed by atoms with Crippen molar-refractivity contribution in [1.82, 2.24) is 10.3 Å². The smallest absolute Gasteiger partial charge is 0.259 e. The van der Waals surface area contributed by atoms with Gasteiger partial charge in [0, 0.05) is 29.3 Å². The number of hydrogen-bond donors (Lipinski definition) is 3. The van der Waals surface area contributed by atoms with Crippen molar-refractivity contribution in [2.24, 2.45) is 4.99 Å². The predicted octanol–water partition coefficient (Wildman–Crippen LogP) is 4.58. The number of nitrogens with one attached hydrogen (secondary N) is 2. The summed E-state index contributed by atoms with van der Waals surface area (Å²) in [4.78, 5) is 19.7. The molecule has 2 N–H and O–H groups in total. The van der Waals surface area contributed by atoms with E-state index in [1.54, 1.807) is 0 Å². The molecular formula is C18H22BrN3OS. The summed E-state index contributed by atoms with van der Waals surface area (Å²) in [5.41, 5.74) is 2.34. The fraction of sp³-hybridized carbons (Fsp3) is 0.333. The minimum Gasteiger partial charge on any atom is -0.361 e. The van der Waals surface area contributed by atoms with Crippen LogP contribution in [0.4, 0.5) is 0 Å². The third kappa shape index (κ3) is 5.24. The number of fused-ring (bicyclic) bond motifs is 1. The number of rotatable bonds is 8. The molecule has 1 unspecified atom stereocenters. The molecule has 0 aliphatic carbocycles. The van der Waals surface area contributed by atoms with Gasteiger partial charge in [-0.3, -0.25) is 9.79 Å². The van der Waals surface area contributed by atoms with E-state index in [0.29, 0.717) is 4.91 Å². The lowest BCUT2D eigenvalue weighted by molar-refractivity contribution is -0.117. The first-order chi connectivity index (χ1) is 11.7. The highest BCUT2D eigenvalue weighted by atomic mass is 79.9. The van der Waals surface area contributed by atoms with Crippen LogP contribution in [0.1, 0.15) is 31.7 Å². The minimum atomic E-state index is -0.197. The molecule has 1 aromatic heterocycles. The molecule has 1 heterocycles. The number of benzene rings is 1. The molecule has 0 bridgehead atoms. The van der Waals surface area contributed by atoms with Crippen molar-refractivity contribution in [2.75, 3.05) is 0 Å². The van der Waals surface area contributed by atoms with Crippen molar-refractivity contribution in [3.63, 3.8) is 0 Å². The normalized spacial score (nSPS) is 13.5. The van der Waals surface area contributed by atoms with Crippen LogP contribution in [0.15, 0.2) is 46.6 Å². The molecule has 0 fully saturated rings. The number of para-hydroxylation sites is 1. The van der Waals surface area contributed by atoms with Crippen LogP contribution in [0.25, 0.3) is 10.9 Å². The third-order valence-corrected chi connectivity index (χ3v) is 4.42. The Bertz CT molecular complexity index is 739. The Morgan fingerprint density at radius 1 is 1.46 bits per heavy atom. The summed E-state index contributed by atoms with van der Waals surface area (Å²) >= 11 is 7.28. The lowest BCUT2D eigenvalue weighted by Gasteiger charge is -2.18. The summed E-state index contributed by atoms with van der Waals surface area (Å²) in [7, 11) is 0. The van der Waals surface area contributed by atoms with E-state index >= 15 is 0 Å². The highest BCUT2D eigenvalue weighted by Gasteiger charge is 2.16. The Hall–Kier alpha value is -1.53. The molecule has 6 heteroatoms. The Labute approximate surface area is 156 Å². The quantitative estimate of drug-likeness (QED) is 0.334. The molecule has 0 saturated carbocycles.